The van der Waals surface area contributed by atoms with Crippen molar-refractivity contribution in [3.05, 3.63) is 0 Å². The Morgan fingerprint density at radius 3 is 2.33 bits per heavy atom. The number of amides is 1. The molecule has 2 N–H and O–H groups in total. The van der Waals surface area contributed by atoms with E-state index in [9.17, 15) is 9.00 Å². The van der Waals surface area contributed by atoms with Crippen LogP contribution in [0.4, 0.5) is 0 Å². The molecule has 1 aliphatic heterocycles. The Morgan fingerprint density at radius 2 is 1.93 bits per heavy atom. The third-order valence-electron chi connectivity index (χ3n) is 2.87. The van der Waals surface area contributed by atoms with Gasteiger partial charge in [0, 0.05) is 41.9 Å². The smallest absolute Gasteiger partial charge is 0.227 e. The first-order chi connectivity index (χ1) is 7.06. The standard InChI is InChI=1S/C10H20N2O2S/c1-8(2)9(7-11)10(13)12-3-5-15(14)6-4-12/h8-9H,3-7,11H2,1-2H3. The molecule has 0 bridgehead atoms. The summed E-state index contributed by atoms with van der Waals surface area (Å²) in [4.78, 5) is 13.8. The summed E-state index contributed by atoms with van der Waals surface area (Å²) >= 11 is 0. The molecule has 5 heteroatoms. The zero-order valence-corrected chi connectivity index (χ0v) is 10.3. The van der Waals surface area contributed by atoms with Crippen LogP contribution in [0.15, 0.2) is 0 Å². The van der Waals surface area contributed by atoms with Gasteiger partial charge in [0.25, 0.3) is 0 Å². The quantitative estimate of drug-likeness (QED) is 0.733. The molecule has 0 aromatic heterocycles. The molecule has 1 fully saturated rings. The minimum Gasteiger partial charge on any atom is -0.341 e. The Morgan fingerprint density at radius 1 is 1.40 bits per heavy atom. The first kappa shape index (κ1) is 12.6. The van der Waals surface area contributed by atoms with Gasteiger partial charge in [0.05, 0.1) is 5.92 Å². The molecule has 0 aromatic carbocycles. The third kappa shape index (κ3) is 3.28. The number of carbonyl (C=O) groups is 1. The third-order valence-corrected chi connectivity index (χ3v) is 4.14. The molecule has 1 saturated heterocycles. The topological polar surface area (TPSA) is 63.4 Å². The Hall–Kier alpha value is -0.420. The Kier molecular flexibility index (Phi) is 4.73. The van der Waals surface area contributed by atoms with Crippen molar-refractivity contribution in [2.45, 2.75) is 13.8 Å². The van der Waals surface area contributed by atoms with Crippen molar-refractivity contribution in [2.24, 2.45) is 17.6 Å². The minimum absolute atomic E-state index is 0.0865. The molecule has 1 atom stereocenters. The second-order valence-electron chi connectivity index (χ2n) is 4.26. The van der Waals surface area contributed by atoms with Crippen molar-refractivity contribution in [1.29, 1.82) is 0 Å². The monoisotopic (exact) mass is 232 g/mol. The van der Waals surface area contributed by atoms with Crippen LogP contribution in [0.25, 0.3) is 0 Å². The van der Waals surface area contributed by atoms with Crippen LogP contribution in [0.5, 0.6) is 0 Å². The van der Waals surface area contributed by atoms with Crippen LogP contribution in [-0.2, 0) is 15.6 Å². The van der Waals surface area contributed by atoms with Crippen LogP contribution >= 0.6 is 0 Å². The van der Waals surface area contributed by atoms with E-state index in [1.54, 1.807) is 4.90 Å². The second-order valence-corrected chi connectivity index (χ2v) is 5.96. The molecule has 1 rings (SSSR count). The van der Waals surface area contributed by atoms with E-state index in [0.717, 1.165) is 0 Å². The Balaban J connectivity index is 2.55. The summed E-state index contributed by atoms with van der Waals surface area (Å²) in [5.74, 6) is 1.54. The molecule has 1 amide bonds. The van der Waals surface area contributed by atoms with Gasteiger partial charge in [-0.1, -0.05) is 13.8 Å². The predicted octanol–water partition coefficient (Wildman–Crippen LogP) is -0.192. The lowest BCUT2D eigenvalue weighted by atomic mass is 9.94. The lowest BCUT2D eigenvalue weighted by Crippen LogP contribution is -2.47. The van der Waals surface area contributed by atoms with Crippen LogP contribution < -0.4 is 5.73 Å². The van der Waals surface area contributed by atoms with Crippen LogP contribution in [0.1, 0.15) is 13.8 Å². The average Bonchev–Trinajstić information content (AvgIpc) is 2.19. The zero-order valence-electron chi connectivity index (χ0n) is 9.44. The molecule has 1 heterocycles. The van der Waals surface area contributed by atoms with Crippen molar-refractivity contribution in [2.75, 3.05) is 31.1 Å². The SMILES string of the molecule is CC(C)C(CN)C(=O)N1CCS(=O)CC1. The van der Waals surface area contributed by atoms with Crippen LogP contribution in [0.2, 0.25) is 0 Å². The lowest BCUT2D eigenvalue weighted by molar-refractivity contribution is -0.136. The highest BCUT2D eigenvalue weighted by Crippen LogP contribution is 2.14. The van der Waals surface area contributed by atoms with E-state index >= 15 is 0 Å². The molecule has 88 valence electrons. The van der Waals surface area contributed by atoms with E-state index in [4.69, 9.17) is 5.73 Å². The lowest BCUT2D eigenvalue weighted by Gasteiger charge is -2.31. The highest BCUT2D eigenvalue weighted by molar-refractivity contribution is 7.85. The number of nitrogens with zero attached hydrogens (tertiary/aromatic N) is 1. The summed E-state index contributed by atoms with van der Waals surface area (Å²) in [5, 5.41) is 0. The molecular weight excluding hydrogens is 212 g/mol. The maximum absolute atomic E-state index is 12.0. The minimum atomic E-state index is -0.728. The van der Waals surface area contributed by atoms with E-state index < -0.39 is 10.8 Å². The molecule has 4 nitrogen and oxygen atoms in total. The van der Waals surface area contributed by atoms with Crippen LogP contribution in [-0.4, -0.2) is 46.2 Å². The number of hydrogen-bond donors (Lipinski definition) is 1. The van der Waals surface area contributed by atoms with Gasteiger partial charge in [0.15, 0.2) is 0 Å². The summed E-state index contributed by atoms with van der Waals surface area (Å²) in [6.45, 7) is 5.66. The van der Waals surface area contributed by atoms with Gasteiger partial charge in [-0.15, -0.1) is 0 Å². The molecule has 0 saturated carbocycles. The molecule has 1 aliphatic rings. The Bertz CT molecular complexity index is 246. The molecule has 0 aromatic rings. The van der Waals surface area contributed by atoms with E-state index in [1.807, 2.05) is 13.8 Å². The van der Waals surface area contributed by atoms with E-state index in [1.165, 1.54) is 0 Å². The van der Waals surface area contributed by atoms with Crippen molar-refractivity contribution >= 4 is 16.7 Å². The highest BCUT2D eigenvalue weighted by atomic mass is 32.2. The molecule has 0 radical (unpaired) electrons. The fraction of sp³-hybridized carbons (Fsp3) is 0.900. The van der Waals surface area contributed by atoms with Gasteiger partial charge in [-0.3, -0.25) is 9.00 Å². The van der Waals surface area contributed by atoms with Gasteiger partial charge in [0.2, 0.25) is 5.91 Å². The second kappa shape index (κ2) is 5.61. The summed E-state index contributed by atoms with van der Waals surface area (Å²) in [5.41, 5.74) is 5.60. The summed E-state index contributed by atoms with van der Waals surface area (Å²) in [6, 6.07) is 0. The van der Waals surface area contributed by atoms with Crippen molar-refractivity contribution in [3.8, 4) is 0 Å². The molecule has 1 unspecified atom stereocenters. The normalized spacial score (nSPS) is 20.7. The fourth-order valence-corrected chi connectivity index (χ4v) is 2.80. The van der Waals surface area contributed by atoms with Gasteiger partial charge in [-0.2, -0.15) is 0 Å². The van der Waals surface area contributed by atoms with Crippen LogP contribution in [0, 0.1) is 11.8 Å². The number of nitrogens with two attached hydrogens (primary N) is 1. The summed E-state index contributed by atoms with van der Waals surface area (Å²) < 4.78 is 11.2. The maximum Gasteiger partial charge on any atom is 0.227 e. The van der Waals surface area contributed by atoms with E-state index in [2.05, 4.69) is 0 Å². The molecule has 15 heavy (non-hydrogen) atoms. The number of carbonyl (C=O) groups excluding carboxylic acids is 1. The Labute approximate surface area is 93.7 Å². The summed E-state index contributed by atoms with van der Waals surface area (Å²) in [7, 11) is -0.728. The molecule has 0 aliphatic carbocycles. The first-order valence-electron chi connectivity index (χ1n) is 5.40. The highest BCUT2D eigenvalue weighted by Gasteiger charge is 2.27. The largest absolute Gasteiger partial charge is 0.341 e. The number of hydrogen-bond acceptors (Lipinski definition) is 3. The van der Waals surface area contributed by atoms with Gasteiger partial charge in [0.1, 0.15) is 0 Å². The van der Waals surface area contributed by atoms with Gasteiger partial charge < -0.3 is 10.6 Å². The van der Waals surface area contributed by atoms with Gasteiger partial charge in [-0.25, -0.2) is 0 Å². The first-order valence-corrected chi connectivity index (χ1v) is 6.89. The van der Waals surface area contributed by atoms with E-state index in [-0.39, 0.29) is 17.7 Å². The van der Waals surface area contributed by atoms with Gasteiger partial charge in [-0.05, 0) is 5.92 Å². The average molecular weight is 232 g/mol. The van der Waals surface area contributed by atoms with E-state index in [0.29, 0.717) is 31.1 Å². The van der Waals surface area contributed by atoms with Crippen molar-refractivity contribution < 1.29 is 9.00 Å². The summed E-state index contributed by atoms with van der Waals surface area (Å²) in [6.07, 6.45) is 0. The molecular formula is C10H20N2O2S. The maximum atomic E-state index is 12.0. The van der Waals surface area contributed by atoms with Crippen molar-refractivity contribution in [3.63, 3.8) is 0 Å². The fourth-order valence-electron chi connectivity index (χ4n) is 1.75. The van der Waals surface area contributed by atoms with Crippen LogP contribution in [0.3, 0.4) is 0 Å². The van der Waals surface area contributed by atoms with Gasteiger partial charge >= 0.3 is 0 Å². The van der Waals surface area contributed by atoms with Crippen molar-refractivity contribution in [1.82, 2.24) is 4.90 Å². The molecule has 0 spiro atoms. The number of rotatable bonds is 3. The zero-order chi connectivity index (χ0) is 11.4. The predicted molar refractivity (Wildman–Crippen MR) is 61.8 cm³/mol.